The van der Waals surface area contributed by atoms with Crippen LogP contribution in [-0.2, 0) is 9.53 Å². The number of carbonyl (C=O) groups excluding carboxylic acids is 1. The summed E-state index contributed by atoms with van der Waals surface area (Å²) in [4.78, 5) is 10.5. The summed E-state index contributed by atoms with van der Waals surface area (Å²) in [5, 5.41) is 0. The molecule has 0 bridgehead atoms. The highest BCUT2D eigenvalue weighted by Crippen LogP contribution is 2.27. The number of unbranched alkanes of at least 4 members (excludes halogenated alkanes) is 4. The first kappa shape index (κ1) is 19.5. The Bertz CT molecular complexity index is 221. The van der Waals surface area contributed by atoms with Crippen molar-refractivity contribution in [2.45, 2.75) is 104 Å². The molecule has 0 fully saturated rings. The molecule has 0 spiro atoms. The Labute approximate surface area is 126 Å². The summed E-state index contributed by atoms with van der Waals surface area (Å²) in [5.74, 6) is 0.883. The van der Waals surface area contributed by atoms with Crippen LogP contribution in [0.3, 0.4) is 0 Å². The molecule has 0 saturated heterocycles. The fourth-order valence-corrected chi connectivity index (χ4v) is 2.88. The van der Waals surface area contributed by atoms with Crippen molar-refractivity contribution in [3.63, 3.8) is 0 Å². The maximum absolute atomic E-state index is 10.5. The molecule has 0 aromatic heterocycles. The maximum atomic E-state index is 10.5. The first-order valence-corrected chi connectivity index (χ1v) is 8.69. The average molecular weight is 283 g/mol. The molecule has 0 aliphatic rings. The lowest BCUT2D eigenvalue weighted by Crippen LogP contribution is -2.30. The lowest BCUT2D eigenvalue weighted by Gasteiger charge is -2.29. The van der Waals surface area contributed by atoms with Crippen LogP contribution < -0.4 is 0 Å². The Hall–Kier alpha value is -0.530. The van der Waals surface area contributed by atoms with Gasteiger partial charge in [-0.05, 0) is 31.6 Å². The highest BCUT2D eigenvalue weighted by molar-refractivity contribution is 5.39. The second-order valence-corrected chi connectivity index (χ2v) is 6.28. The molecule has 2 nitrogen and oxygen atoms in total. The van der Waals surface area contributed by atoms with Crippen LogP contribution in [0.2, 0.25) is 0 Å². The van der Waals surface area contributed by atoms with E-state index in [4.69, 9.17) is 4.74 Å². The van der Waals surface area contributed by atoms with Gasteiger partial charge in [-0.15, -0.1) is 0 Å². The van der Waals surface area contributed by atoms with E-state index in [1.807, 2.05) is 0 Å². The first-order chi connectivity index (χ1) is 9.64. The van der Waals surface area contributed by atoms with Gasteiger partial charge in [0.1, 0.15) is 5.60 Å². The van der Waals surface area contributed by atoms with Gasteiger partial charge in [0.05, 0.1) is 0 Å². The van der Waals surface area contributed by atoms with Crippen molar-refractivity contribution >= 4 is 6.47 Å². The van der Waals surface area contributed by atoms with Gasteiger partial charge in [0.25, 0.3) is 0 Å². The summed E-state index contributed by atoms with van der Waals surface area (Å²) in [6, 6.07) is 0. The molecule has 0 N–H and O–H groups in total. The molecule has 0 aromatic carbocycles. The molecule has 1 unspecified atom stereocenters. The minimum Gasteiger partial charge on any atom is -0.451 e. The molecule has 1 atom stereocenters. The van der Waals surface area contributed by atoms with Crippen molar-refractivity contribution in [1.82, 2.24) is 0 Å². The van der Waals surface area contributed by atoms with Crippen molar-refractivity contribution < 1.29 is 9.53 Å². The van der Waals surface area contributed by atoms with Gasteiger partial charge in [0.15, 0.2) is 0 Å². The van der Waals surface area contributed by atoms with Crippen LogP contribution in [0.25, 0.3) is 0 Å². The first-order valence-electron chi connectivity index (χ1n) is 8.69. The van der Waals surface area contributed by atoms with Crippen LogP contribution in [0.4, 0.5) is 0 Å². The number of ether oxygens (including phenoxy) is 1. The molecule has 0 aromatic rings. The van der Waals surface area contributed by atoms with Crippen LogP contribution in [0.5, 0.6) is 0 Å². The summed E-state index contributed by atoms with van der Waals surface area (Å²) in [7, 11) is 0. The zero-order valence-corrected chi connectivity index (χ0v) is 14.2. The standard InChI is InChI=1S/C18H35O2/c1-5-8-13-17(4)14-11-9-10-12-15-18(6-2,7-3)20-16-19/h17H,5-15H2,1-4H3. The largest absolute Gasteiger partial charge is 0.451 e. The fourth-order valence-electron chi connectivity index (χ4n) is 2.88. The van der Waals surface area contributed by atoms with E-state index >= 15 is 0 Å². The fraction of sp³-hybridized carbons (Fsp3) is 0.944. The highest BCUT2D eigenvalue weighted by Gasteiger charge is 2.27. The van der Waals surface area contributed by atoms with Crippen molar-refractivity contribution in [3.8, 4) is 0 Å². The molecule has 0 aliphatic heterocycles. The highest BCUT2D eigenvalue weighted by atomic mass is 16.5. The van der Waals surface area contributed by atoms with E-state index < -0.39 is 0 Å². The van der Waals surface area contributed by atoms with E-state index in [1.165, 1.54) is 44.9 Å². The topological polar surface area (TPSA) is 26.3 Å². The summed E-state index contributed by atoms with van der Waals surface area (Å²) in [6.45, 7) is 10.5. The van der Waals surface area contributed by atoms with Gasteiger partial charge in [-0.2, -0.15) is 0 Å². The second kappa shape index (κ2) is 12.2. The van der Waals surface area contributed by atoms with Gasteiger partial charge in [0, 0.05) is 0 Å². The molecule has 0 rings (SSSR count). The molecule has 0 saturated carbocycles. The zero-order valence-electron chi connectivity index (χ0n) is 14.2. The van der Waals surface area contributed by atoms with E-state index in [9.17, 15) is 4.79 Å². The van der Waals surface area contributed by atoms with Crippen LogP contribution in [0, 0.1) is 5.92 Å². The molecule has 119 valence electrons. The average Bonchev–Trinajstić information content (AvgIpc) is 2.47. The molecule has 20 heavy (non-hydrogen) atoms. The van der Waals surface area contributed by atoms with Crippen LogP contribution >= 0.6 is 0 Å². The molecule has 0 amide bonds. The zero-order chi connectivity index (χ0) is 15.3. The minimum atomic E-state index is -0.254. The summed E-state index contributed by atoms with van der Waals surface area (Å²) in [6.07, 6.45) is 13.3. The monoisotopic (exact) mass is 283 g/mol. The van der Waals surface area contributed by atoms with Gasteiger partial charge < -0.3 is 4.74 Å². The Morgan fingerprint density at radius 1 is 0.950 bits per heavy atom. The van der Waals surface area contributed by atoms with Crippen molar-refractivity contribution in [2.75, 3.05) is 0 Å². The molecular formula is C18H35O2. The summed E-state index contributed by atoms with van der Waals surface area (Å²) in [5.41, 5.74) is -0.254. The number of hydrogen-bond donors (Lipinski definition) is 0. The summed E-state index contributed by atoms with van der Waals surface area (Å²) < 4.78 is 5.21. The second-order valence-electron chi connectivity index (χ2n) is 6.28. The third-order valence-corrected chi connectivity index (χ3v) is 4.68. The normalized spacial score (nSPS) is 13.2. The Morgan fingerprint density at radius 2 is 1.55 bits per heavy atom. The maximum Gasteiger partial charge on any atom is 0.418 e. The Balaban J connectivity index is 3.66. The molecule has 0 aliphatic carbocycles. The van der Waals surface area contributed by atoms with E-state index in [0.29, 0.717) is 0 Å². The van der Waals surface area contributed by atoms with Gasteiger partial charge in [-0.3, -0.25) is 0 Å². The van der Waals surface area contributed by atoms with Crippen molar-refractivity contribution in [1.29, 1.82) is 0 Å². The lowest BCUT2D eigenvalue weighted by atomic mass is 9.90. The summed E-state index contributed by atoms with van der Waals surface area (Å²) >= 11 is 0. The Morgan fingerprint density at radius 3 is 2.10 bits per heavy atom. The van der Waals surface area contributed by atoms with E-state index in [1.54, 1.807) is 6.47 Å². The smallest absolute Gasteiger partial charge is 0.418 e. The van der Waals surface area contributed by atoms with Gasteiger partial charge in [0.2, 0.25) is 0 Å². The SMILES string of the molecule is CCCCC(C)CCCCCCC(CC)(CC)O[C]=O. The van der Waals surface area contributed by atoms with Crippen LogP contribution in [-0.4, -0.2) is 12.1 Å². The van der Waals surface area contributed by atoms with E-state index in [0.717, 1.165) is 31.6 Å². The van der Waals surface area contributed by atoms with E-state index in [-0.39, 0.29) is 5.60 Å². The van der Waals surface area contributed by atoms with Crippen molar-refractivity contribution in [2.24, 2.45) is 5.92 Å². The predicted molar refractivity (Wildman–Crippen MR) is 86.5 cm³/mol. The van der Waals surface area contributed by atoms with E-state index in [2.05, 4.69) is 27.7 Å². The number of hydrogen-bond acceptors (Lipinski definition) is 2. The van der Waals surface area contributed by atoms with Crippen molar-refractivity contribution in [3.05, 3.63) is 0 Å². The van der Waals surface area contributed by atoms with Gasteiger partial charge in [-0.25, -0.2) is 4.79 Å². The molecule has 2 heteroatoms. The minimum absolute atomic E-state index is 0.254. The molecular weight excluding hydrogens is 248 g/mol. The quantitative estimate of drug-likeness (QED) is 0.377. The Kier molecular flexibility index (Phi) is 11.9. The van der Waals surface area contributed by atoms with Gasteiger partial charge >= 0.3 is 6.47 Å². The third kappa shape index (κ3) is 8.60. The predicted octanol–water partition coefficient (Wildman–Crippen LogP) is 5.80. The van der Waals surface area contributed by atoms with Crippen LogP contribution in [0.15, 0.2) is 0 Å². The lowest BCUT2D eigenvalue weighted by molar-refractivity contribution is 0.0319. The number of rotatable bonds is 14. The van der Waals surface area contributed by atoms with Gasteiger partial charge in [-0.1, -0.05) is 72.6 Å². The molecule has 1 radical (unpaired) electrons. The third-order valence-electron chi connectivity index (χ3n) is 4.68. The molecule has 0 heterocycles. The van der Waals surface area contributed by atoms with Crippen LogP contribution in [0.1, 0.15) is 98.3 Å².